The summed E-state index contributed by atoms with van der Waals surface area (Å²) < 4.78 is 2.00. The van der Waals surface area contributed by atoms with Gasteiger partial charge in [0.05, 0.1) is 23.5 Å². The van der Waals surface area contributed by atoms with E-state index >= 15 is 0 Å². The number of nitrogens with zero attached hydrogens (tertiary/aromatic N) is 4. The molecule has 0 spiro atoms. The molecule has 0 unspecified atom stereocenters. The zero-order valence-electron chi connectivity index (χ0n) is 16.1. The lowest BCUT2D eigenvalue weighted by Crippen LogP contribution is -2.35. The largest absolute Gasteiger partial charge is 0.391 e. The number of hydrogen-bond acceptors (Lipinski definition) is 5. The molecule has 3 heterocycles. The van der Waals surface area contributed by atoms with E-state index in [1.54, 1.807) is 23.9 Å². The van der Waals surface area contributed by atoms with Gasteiger partial charge in [-0.1, -0.05) is 30.3 Å². The van der Waals surface area contributed by atoms with Gasteiger partial charge in [-0.05, 0) is 30.2 Å². The molecule has 1 aliphatic carbocycles. The lowest BCUT2D eigenvalue weighted by atomic mass is 9.77. The van der Waals surface area contributed by atoms with Gasteiger partial charge in [0.1, 0.15) is 5.69 Å². The van der Waals surface area contributed by atoms with Crippen LogP contribution in [0.2, 0.25) is 0 Å². The third kappa shape index (κ3) is 3.72. The number of amides is 1. The number of hydrogen-bond donors (Lipinski definition) is 1. The van der Waals surface area contributed by atoms with Crippen molar-refractivity contribution in [1.29, 1.82) is 0 Å². The van der Waals surface area contributed by atoms with E-state index in [9.17, 15) is 9.90 Å². The highest BCUT2D eigenvalue weighted by molar-refractivity contribution is 7.09. The molecule has 2 aliphatic rings. The first kappa shape index (κ1) is 18.5. The number of imidazole rings is 1. The summed E-state index contributed by atoms with van der Waals surface area (Å²) in [7, 11) is 0. The summed E-state index contributed by atoms with van der Waals surface area (Å²) in [6.45, 7) is 1.45. The van der Waals surface area contributed by atoms with Crippen molar-refractivity contribution in [2.45, 2.75) is 31.4 Å². The SMILES string of the molecule is O=C(c1csc(Cc2ccccc2)n1)N1C[C@H]2C[C@@H](n3ccnc3)[C@H](O)C[C@H]2C1. The number of rotatable bonds is 4. The number of aliphatic hydroxyl groups is 1. The molecule has 5 rings (SSSR count). The van der Waals surface area contributed by atoms with Crippen molar-refractivity contribution in [1.82, 2.24) is 19.4 Å². The van der Waals surface area contributed by atoms with Gasteiger partial charge >= 0.3 is 0 Å². The summed E-state index contributed by atoms with van der Waals surface area (Å²) in [4.78, 5) is 23.7. The minimum atomic E-state index is -0.391. The van der Waals surface area contributed by atoms with Gasteiger partial charge in [-0.3, -0.25) is 4.79 Å². The first-order valence-electron chi connectivity index (χ1n) is 10.1. The average molecular weight is 409 g/mol. The maximum atomic E-state index is 13.0. The van der Waals surface area contributed by atoms with E-state index in [0.29, 0.717) is 24.1 Å². The first-order valence-corrected chi connectivity index (χ1v) is 11.0. The van der Waals surface area contributed by atoms with Gasteiger partial charge < -0.3 is 14.6 Å². The van der Waals surface area contributed by atoms with Crippen molar-refractivity contribution in [3.63, 3.8) is 0 Å². The molecule has 6 nitrogen and oxygen atoms in total. The second-order valence-corrected chi connectivity index (χ2v) is 9.08. The molecule has 0 radical (unpaired) electrons. The van der Waals surface area contributed by atoms with Crippen LogP contribution in [0, 0.1) is 11.8 Å². The van der Waals surface area contributed by atoms with Crippen LogP contribution >= 0.6 is 11.3 Å². The van der Waals surface area contributed by atoms with Crippen LogP contribution in [0.3, 0.4) is 0 Å². The van der Waals surface area contributed by atoms with E-state index in [1.807, 2.05) is 39.2 Å². The van der Waals surface area contributed by atoms with Crippen molar-refractivity contribution in [2.24, 2.45) is 11.8 Å². The van der Waals surface area contributed by atoms with Gasteiger partial charge in [-0.2, -0.15) is 0 Å². The molecular formula is C22H24N4O2S. The van der Waals surface area contributed by atoms with Gasteiger partial charge in [0, 0.05) is 37.3 Å². The predicted octanol–water partition coefficient (Wildman–Crippen LogP) is 3.01. The molecule has 2 aromatic heterocycles. The second kappa shape index (κ2) is 7.72. The van der Waals surface area contributed by atoms with E-state index in [2.05, 4.69) is 22.1 Å². The maximum Gasteiger partial charge on any atom is 0.273 e. The Morgan fingerprint density at radius 3 is 2.72 bits per heavy atom. The van der Waals surface area contributed by atoms with Crippen LogP contribution in [0.1, 0.15) is 39.9 Å². The Kier molecular flexibility index (Phi) is 4.93. The fourth-order valence-electron chi connectivity index (χ4n) is 4.78. The number of thiazole rings is 1. The van der Waals surface area contributed by atoms with E-state index < -0.39 is 6.10 Å². The number of carbonyl (C=O) groups excluding carboxylic acids is 1. The van der Waals surface area contributed by atoms with Crippen molar-refractivity contribution in [2.75, 3.05) is 13.1 Å². The van der Waals surface area contributed by atoms with Crippen LogP contribution in [0.25, 0.3) is 0 Å². The lowest BCUT2D eigenvalue weighted by Gasteiger charge is -2.35. The number of carbonyl (C=O) groups is 1. The molecule has 1 amide bonds. The standard InChI is InChI=1S/C22H24N4O2S/c27-20-10-17-12-26(11-16(17)9-19(20)25-7-6-23-14-25)22(28)18-13-29-21(24-18)8-15-4-2-1-3-5-15/h1-7,13-14,16-17,19-20,27H,8-12H2/t16-,17+,19-,20-/m1/s1. The number of benzene rings is 1. The highest BCUT2D eigenvalue weighted by Crippen LogP contribution is 2.41. The Hall–Kier alpha value is -2.51. The minimum Gasteiger partial charge on any atom is -0.391 e. The zero-order valence-corrected chi connectivity index (χ0v) is 16.9. The van der Waals surface area contributed by atoms with Crippen molar-refractivity contribution in [3.05, 3.63) is 70.7 Å². The number of fused-ring (bicyclic) bond motifs is 1. The molecule has 29 heavy (non-hydrogen) atoms. The molecule has 1 aromatic carbocycles. The van der Waals surface area contributed by atoms with Crippen LogP contribution in [0.4, 0.5) is 0 Å². The van der Waals surface area contributed by atoms with Crippen LogP contribution in [0.5, 0.6) is 0 Å². The van der Waals surface area contributed by atoms with E-state index in [0.717, 1.165) is 30.8 Å². The second-order valence-electron chi connectivity index (χ2n) is 8.14. The summed E-state index contributed by atoms with van der Waals surface area (Å²) in [5.74, 6) is 0.789. The Balaban J connectivity index is 1.25. The number of likely N-dealkylation sites (tertiary alicyclic amines) is 1. The fraction of sp³-hybridized carbons (Fsp3) is 0.409. The molecule has 0 bridgehead atoms. The average Bonchev–Trinajstić information content (AvgIpc) is 3.48. The van der Waals surface area contributed by atoms with E-state index in [4.69, 9.17) is 0 Å². The molecule has 2 fully saturated rings. The molecule has 1 saturated carbocycles. The van der Waals surface area contributed by atoms with Gasteiger partial charge in [-0.15, -0.1) is 11.3 Å². The van der Waals surface area contributed by atoms with E-state index in [1.165, 1.54) is 5.56 Å². The monoisotopic (exact) mass is 408 g/mol. The highest BCUT2D eigenvalue weighted by Gasteiger charge is 2.43. The highest BCUT2D eigenvalue weighted by atomic mass is 32.1. The zero-order chi connectivity index (χ0) is 19.8. The normalized spacial score (nSPS) is 26.4. The summed E-state index contributed by atoms with van der Waals surface area (Å²) in [6.07, 6.45) is 7.40. The van der Waals surface area contributed by atoms with Gasteiger partial charge in [0.25, 0.3) is 5.91 Å². The Labute approximate surface area is 173 Å². The number of aromatic nitrogens is 3. The van der Waals surface area contributed by atoms with Crippen LogP contribution in [0.15, 0.2) is 54.4 Å². The smallest absolute Gasteiger partial charge is 0.273 e. The van der Waals surface area contributed by atoms with Gasteiger partial charge in [-0.25, -0.2) is 9.97 Å². The summed E-state index contributed by atoms with van der Waals surface area (Å²) in [5, 5.41) is 13.5. The fourth-order valence-corrected chi connectivity index (χ4v) is 5.58. The minimum absolute atomic E-state index is 0.0173. The topological polar surface area (TPSA) is 71.2 Å². The van der Waals surface area contributed by atoms with Crippen molar-refractivity contribution < 1.29 is 9.90 Å². The van der Waals surface area contributed by atoms with Crippen molar-refractivity contribution in [3.8, 4) is 0 Å². The Morgan fingerprint density at radius 1 is 1.17 bits per heavy atom. The summed E-state index contributed by atoms with van der Waals surface area (Å²) >= 11 is 1.55. The lowest BCUT2D eigenvalue weighted by molar-refractivity contribution is 0.0357. The molecule has 1 saturated heterocycles. The van der Waals surface area contributed by atoms with Crippen LogP contribution in [-0.4, -0.2) is 49.6 Å². The first-order chi connectivity index (χ1) is 14.2. The van der Waals surface area contributed by atoms with Crippen LogP contribution < -0.4 is 0 Å². The Bertz CT molecular complexity index is 972. The Morgan fingerprint density at radius 2 is 1.97 bits per heavy atom. The van der Waals surface area contributed by atoms with E-state index in [-0.39, 0.29) is 11.9 Å². The van der Waals surface area contributed by atoms with Gasteiger partial charge in [0.15, 0.2) is 0 Å². The molecule has 150 valence electrons. The van der Waals surface area contributed by atoms with Gasteiger partial charge in [0.2, 0.25) is 0 Å². The molecule has 4 atom stereocenters. The maximum absolute atomic E-state index is 13.0. The third-order valence-corrected chi connectivity index (χ3v) is 7.12. The molecule has 7 heteroatoms. The summed E-state index contributed by atoms with van der Waals surface area (Å²) in [5.41, 5.74) is 1.75. The third-order valence-electron chi connectivity index (χ3n) is 6.27. The van der Waals surface area contributed by atoms with Crippen LogP contribution in [-0.2, 0) is 6.42 Å². The quantitative estimate of drug-likeness (QED) is 0.720. The molecule has 1 aliphatic heterocycles. The molecular weight excluding hydrogens is 384 g/mol. The number of aliphatic hydroxyl groups excluding tert-OH is 1. The summed E-state index contributed by atoms with van der Waals surface area (Å²) in [6, 6.07) is 10.2. The van der Waals surface area contributed by atoms with Crippen molar-refractivity contribution >= 4 is 17.2 Å². The molecule has 1 N–H and O–H groups in total. The molecule has 3 aromatic rings. The predicted molar refractivity (Wildman–Crippen MR) is 111 cm³/mol.